The van der Waals surface area contributed by atoms with Gasteiger partial charge in [-0.25, -0.2) is 14.4 Å². The third kappa shape index (κ3) is 14.5. The van der Waals surface area contributed by atoms with Crippen LogP contribution in [0, 0.1) is 0 Å². The highest BCUT2D eigenvalue weighted by Crippen LogP contribution is 1.88. The fourth-order valence-corrected chi connectivity index (χ4v) is 1.13. The van der Waals surface area contributed by atoms with Crippen LogP contribution in [0.1, 0.15) is 0 Å². The summed E-state index contributed by atoms with van der Waals surface area (Å²) in [7, 11) is 0. The fourth-order valence-electron chi connectivity index (χ4n) is 1.13. The predicted octanol–water partition coefficient (Wildman–Crippen LogP) is 0.631. The number of hydrogen-bond donors (Lipinski definition) is 0. The molecule has 0 aromatic heterocycles. The summed E-state index contributed by atoms with van der Waals surface area (Å²) in [4.78, 5) is 32.6. The number of hydrogen-bond acceptors (Lipinski definition) is 9. The van der Waals surface area contributed by atoms with E-state index in [1.807, 2.05) is 0 Å². The SMILES string of the molecule is C=CC(=O)OCCOCCOC(=O)OCCOCCOC(=O)C=C. The van der Waals surface area contributed by atoms with Gasteiger partial charge >= 0.3 is 18.1 Å². The maximum absolute atomic E-state index is 11.2. The summed E-state index contributed by atoms with van der Waals surface area (Å²) in [6, 6.07) is 0. The Morgan fingerprint density at radius 3 is 1.25 bits per heavy atom. The van der Waals surface area contributed by atoms with Crippen LogP contribution >= 0.6 is 0 Å². The molecular weight excluding hydrogens is 324 g/mol. The summed E-state index contributed by atoms with van der Waals surface area (Å²) in [6.07, 6.45) is 1.26. The maximum Gasteiger partial charge on any atom is 0.508 e. The number of ether oxygens (including phenoxy) is 6. The van der Waals surface area contributed by atoms with Crippen molar-refractivity contribution in [2.24, 2.45) is 0 Å². The van der Waals surface area contributed by atoms with Crippen molar-refractivity contribution < 1.29 is 42.8 Å². The highest BCUT2D eigenvalue weighted by molar-refractivity contribution is 5.81. The molecule has 0 aliphatic rings. The monoisotopic (exact) mass is 346 g/mol. The molecule has 0 amide bonds. The molecule has 24 heavy (non-hydrogen) atoms. The van der Waals surface area contributed by atoms with Crippen molar-refractivity contribution in [1.82, 2.24) is 0 Å². The van der Waals surface area contributed by atoms with Gasteiger partial charge in [-0.05, 0) is 0 Å². The van der Waals surface area contributed by atoms with Gasteiger partial charge in [0.05, 0.1) is 26.4 Å². The van der Waals surface area contributed by atoms with Crippen molar-refractivity contribution in [3.05, 3.63) is 25.3 Å². The zero-order valence-electron chi connectivity index (χ0n) is 13.4. The largest absolute Gasteiger partial charge is 0.508 e. The van der Waals surface area contributed by atoms with Gasteiger partial charge in [-0.15, -0.1) is 0 Å². The first-order valence-electron chi connectivity index (χ1n) is 7.13. The number of carbonyl (C=O) groups excluding carboxylic acids is 3. The lowest BCUT2D eigenvalue weighted by atomic mass is 10.6. The molecule has 0 aromatic carbocycles. The molecule has 136 valence electrons. The van der Waals surface area contributed by atoms with E-state index < -0.39 is 18.1 Å². The van der Waals surface area contributed by atoms with Gasteiger partial charge in [-0.3, -0.25) is 0 Å². The lowest BCUT2D eigenvalue weighted by molar-refractivity contribution is -0.140. The van der Waals surface area contributed by atoms with Gasteiger partial charge in [-0.2, -0.15) is 0 Å². The molecule has 0 aliphatic heterocycles. The summed E-state index contributed by atoms with van der Waals surface area (Å²) in [6.45, 7) is 7.34. The molecule has 0 rings (SSSR count). The summed E-state index contributed by atoms with van der Waals surface area (Å²) >= 11 is 0. The van der Waals surface area contributed by atoms with Gasteiger partial charge in [0, 0.05) is 12.2 Å². The van der Waals surface area contributed by atoms with Gasteiger partial charge in [0.15, 0.2) is 0 Å². The second kappa shape index (κ2) is 15.5. The zero-order chi connectivity index (χ0) is 18.0. The van der Waals surface area contributed by atoms with E-state index >= 15 is 0 Å². The van der Waals surface area contributed by atoms with Gasteiger partial charge in [0.1, 0.15) is 26.4 Å². The summed E-state index contributed by atoms with van der Waals surface area (Å²) in [5.41, 5.74) is 0. The highest BCUT2D eigenvalue weighted by Gasteiger charge is 2.03. The van der Waals surface area contributed by atoms with E-state index in [0.29, 0.717) is 0 Å². The van der Waals surface area contributed by atoms with Crippen molar-refractivity contribution in [2.45, 2.75) is 0 Å². The normalized spacial score (nSPS) is 9.67. The Labute approximate surface area is 140 Å². The molecule has 0 heterocycles. The van der Waals surface area contributed by atoms with Crippen molar-refractivity contribution in [3.8, 4) is 0 Å². The average Bonchev–Trinajstić information content (AvgIpc) is 2.59. The quantitative estimate of drug-likeness (QED) is 0.194. The lowest BCUT2D eigenvalue weighted by Gasteiger charge is -2.08. The summed E-state index contributed by atoms with van der Waals surface area (Å²) in [5.74, 6) is -1.06. The first-order valence-corrected chi connectivity index (χ1v) is 7.13. The molecule has 0 N–H and O–H groups in total. The van der Waals surface area contributed by atoms with E-state index in [2.05, 4.69) is 22.6 Å². The molecule has 0 unspecified atom stereocenters. The van der Waals surface area contributed by atoms with E-state index in [4.69, 9.17) is 18.9 Å². The molecule has 0 aliphatic carbocycles. The number of carbonyl (C=O) groups is 3. The van der Waals surface area contributed by atoms with E-state index in [0.717, 1.165) is 12.2 Å². The first kappa shape index (κ1) is 21.6. The Bertz CT molecular complexity index is 370. The second-order valence-corrected chi connectivity index (χ2v) is 3.91. The Balaban J connectivity index is 3.29. The van der Waals surface area contributed by atoms with E-state index in [-0.39, 0.29) is 52.9 Å². The third-order valence-electron chi connectivity index (χ3n) is 2.17. The second-order valence-electron chi connectivity index (χ2n) is 3.91. The maximum atomic E-state index is 11.2. The molecule has 9 nitrogen and oxygen atoms in total. The average molecular weight is 346 g/mol. The topological polar surface area (TPSA) is 107 Å². The van der Waals surface area contributed by atoms with Crippen molar-refractivity contribution >= 4 is 18.1 Å². The Hall–Kier alpha value is -2.39. The van der Waals surface area contributed by atoms with Crippen LogP contribution in [-0.2, 0) is 38.0 Å². The van der Waals surface area contributed by atoms with E-state index in [1.54, 1.807) is 0 Å². The van der Waals surface area contributed by atoms with Gasteiger partial charge in [-0.1, -0.05) is 13.2 Å². The Morgan fingerprint density at radius 1 is 0.583 bits per heavy atom. The lowest BCUT2D eigenvalue weighted by Crippen LogP contribution is -2.17. The van der Waals surface area contributed by atoms with Crippen molar-refractivity contribution in [3.63, 3.8) is 0 Å². The smallest absolute Gasteiger partial charge is 0.460 e. The Kier molecular flexibility index (Phi) is 14.0. The molecule has 9 heteroatoms. The third-order valence-corrected chi connectivity index (χ3v) is 2.17. The van der Waals surface area contributed by atoms with Crippen LogP contribution in [0.25, 0.3) is 0 Å². The van der Waals surface area contributed by atoms with Crippen LogP contribution in [0.15, 0.2) is 25.3 Å². The molecule has 0 saturated carbocycles. The van der Waals surface area contributed by atoms with Crippen molar-refractivity contribution in [1.29, 1.82) is 0 Å². The van der Waals surface area contributed by atoms with Gasteiger partial charge < -0.3 is 28.4 Å². The standard InChI is InChI=1S/C15H22O9/c1-3-13(16)21-9-5-19-7-11-23-15(18)24-12-8-20-6-10-22-14(17)4-2/h3-4H,1-2,5-12H2. The van der Waals surface area contributed by atoms with Gasteiger partial charge in [0.2, 0.25) is 0 Å². The number of esters is 2. The number of rotatable bonds is 14. The van der Waals surface area contributed by atoms with E-state index in [9.17, 15) is 14.4 Å². The molecule has 0 radical (unpaired) electrons. The van der Waals surface area contributed by atoms with Gasteiger partial charge in [0.25, 0.3) is 0 Å². The summed E-state index contributed by atoms with van der Waals surface area (Å²) in [5, 5.41) is 0. The molecule has 0 aromatic rings. The van der Waals surface area contributed by atoms with Crippen LogP contribution in [0.4, 0.5) is 4.79 Å². The van der Waals surface area contributed by atoms with Crippen LogP contribution in [0.3, 0.4) is 0 Å². The van der Waals surface area contributed by atoms with Crippen LogP contribution in [0.2, 0.25) is 0 Å². The minimum Gasteiger partial charge on any atom is -0.460 e. The molecule has 0 fully saturated rings. The molecule has 0 spiro atoms. The first-order chi connectivity index (χ1) is 11.6. The molecule has 0 saturated heterocycles. The van der Waals surface area contributed by atoms with Crippen LogP contribution in [0.5, 0.6) is 0 Å². The Morgan fingerprint density at radius 2 is 0.917 bits per heavy atom. The molecule has 0 bridgehead atoms. The fraction of sp³-hybridized carbons (Fsp3) is 0.533. The van der Waals surface area contributed by atoms with E-state index in [1.165, 1.54) is 0 Å². The van der Waals surface area contributed by atoms with Crippen LogP contribution in [-0.4, -0.2) is 70.9 Å². The zero-order valence-corrected chi connectivity index (χ0v) is 13.4. The summed E-state index contributed by atoms with van der Waals surface area (Å²) < 4.78 is 28.9. The predicted molar refractivity (Wildman–Crippen MR) is 81.3 cm³/mol. The molecular formula is C15H22O9. The minimum atomic E-state index is -0.849. The molecule has 0 atom stereocenters. The van der Waals surface area contributed by atoms with Crippen molar-refractivity contribution in [2.75, 3.05) is 52.9 Å². The highest BCUT2D eigenvalue weighted by atomic mass is 16.7. The minimum absolute atomic E-state index is 0.00655. The van der Waals surface area contributed by atoms with Crippen LogP contribution < -0.4 is 0 Å².